The molecule has 0 unspecified atom stereocenters. The molecule has 2 N–H and O–H groups in total. The summed E-state index contributed by atoms with van der Waals surface area (Å²) in [6, 6.07) is 17.8. The van der Waals surface area contributed by atoms with Crippen molar-refractivity contribution in [1.82, 2.24) is 0 Å². The lowest BCUT2D eigenvalue weighted by atomic mass is 10.1. The molecule has 3 aromatic carbocycles. The maximum Gasteiger partial charge on any atom is 0.246 e. The van der Waals surface area contributed by atoms with Crippen LogP contribution in [0.1, 0.15) is 12.5 Å². The van der Waals surface area contributed by atoms with E-state index in [1.165, 1.54) is 12.1 Å². The van der Waals surface area contributed by atoms with Crippen molar-refractivity contribution in [2.75, 3.05) is 10.6 Å². The Labute approximate surface area is 140 Å². The lowest BCUT2D eigenvalue weighted by Crippen LogP contribution is -2.32. The number of hydrogen-bond acceptors (Lipinski definition) is 2. The second-order valence-corrected chi connectivity index (χ2v) is 5.88. The lowest BCUT2D eigenvalue weighted by molar-refractivity contribution is -0.116. The van der Waals surface area contributed by atoms with Gasteiger partial charge < -0.3 is 10.6 Å². The van der Waals surface area contributed by atoms with Gasteiger partial charge in [0, 0.05) is 11.4 Å². The SMILES string of the molecule is Cc1cc(F)ccc1N[C@@H](C)C(=O)Nc1ccc2ccccc2c1. The van der Waals surface area contributed by atoms with Crippen LogP contribution in [0.2, 0.25) is 0 Å². The Kier molecular flexibility index (Phi) is 4.47. The normalized spacial score (nSPS) is 12.0. The van der Waals surface area contributed by atoms with E-state index in [0.29, 0.717) is 0 Å². The van der Waals surface area contributed by atoms with E-state index in [4.69, 9.17) is 0 Å². The molecule has 122 valence electrons. The predicted octanol–water partition coefficient (Wildman–Crippen LogP) is 4.73. The van der Waals surface area contributed by atoms with Crippen molar-refractivity contribution in [3.8, 4) is 0 Å². The molecular weight excluding hydrogens is 303 g/mol. The van der Waals surface area contributed by atoms with Crippen molar-refractivity contribution < 1.29 is 9.18 Å². The van der Waals surface area contributed by atoms with Crippen molar-refractivity contribution in [2.24, 2.45) is 0 Å². The molecule has 0 saturated heterocycles. The zero-order valence-electron chi connectivity index (χ0n) is 13.6. The summed E-state index contributed by atoms with van der Waals surface area (Å²) in [5.41, 5.74) is 2.26. The van der Waals surface area contributed by atoms with E-state index in [0.717, 1.165) is 27.7 Å². The predicted molar refractivity (Wildman–Crippen MR) is 96.8 cm³/mol. The molecule has 1 amide bonds. The van der Waals surface area contributed by atoms with Crippen LogP contribution in [0.25, 0.3) is 10.8 Å². The fourth-order valence-corrected chi connectivity index (χ4v) is 2.61. The second kappa shape index (κ2) is 6.71. The molecule has 4 heteroatoms. The van der Waals surface area contributed by atoms with Crippen LogP contribution in [0, 0.1) is 12.7 Å². The molecule has 0 heterocycles. The average Bonchev–Trinajstić information content (AvgIpc) is 2.57. The fraction of sp³-hybridized carbons (Fsp3) is 0.150. The number of carbonyl (C=O) groups is 1. The number of nitrogens with one attached hydrogen (secondary N) is 2. The zero-order valence-corrected chi connectivity index (χ0v) is 13.6. The number of amides is 1. The van der Waals surface area contributed by atoms with Crippen LogP contribution >= 0.6 is 0 Å². The smallest absolute Gasteiger partial charge is 0.246 e. The molecule has 0 radical (unpaired) electrons. The second-order valence-electron chi connectivity index (χ2n) is 5.88. The molecule has 0 aliphatic carbocycles. The van der Waals surface area contributed by atoms with Crippen molar-refractivity contribution >= 4 is 28.1 Å². The molecule has 3 rings (SSSR count). The molecule has 1 atom stereocenters. The van der Waals surface area contributed by atoms with E-state index in [-0.39, 0.29) is 11.7 Å². The molecule has 0 aliphatic heterocycles. The van der Waals surface area contributed by atoms with Crippen LogP contribution in [-0.4, -0.2) is 11.9 Å². The van der Waals surface area contributed by atoms with E-state index in [1.54, 1.807) is 19.9 Å². The van der Waals surface area contributed by atoms with Crippen LogP contribution in [0.5, 0.6) is 0 Å². The Morgan fingerprint density at radius 2 is 1.75 bits per heavy atom. The summed E-state index contributed by atoms with van der Waals surface area (Å²) >= 11 is 0. The molecule has 0 fully saturated rings. The molecular formula is C20H19FN2O. The maximum atomic E-state index is 13.2. The highest BCUT2D eigenvalue weighted by Crippen LogP contribution is 2.20. The largest absolute Gasteiger partial charge is 0.374 e. The summed E-state index contributed by atoms with van der Waals surface area (Å²) in [5.74, 6) is -0.430. The first-order chi connectivity index (χ1) is 11.5. The van der Waals surface area contributed by atoms with Gasteiger partial charge >= 0.3 is 0 Å². The topological polar surface area (TPSA) is 41.1 Å². The zero-order chi connectivity index (χ0) is 17.1. The first-order valence-electron chi connectivity index (χ1n) is 7.85. The average molecular weight is 322 g/mol. The van der Waals surface area contributed by atoms with Crippen LogP contribution in [0.3, 0.4) is 0 Å². The van der Waals surface area contributed by atoms with E-state index in [1.807, 2.05) is 42.5 Å². The summed E-state index contributed by atoms with van der Waals surface area (Å²) in [5, 5.41) is 8.23. The van der Waals surface area contributed by atoms with Crippen LogP contribution < -0.4 is 10.6 Å². The third-order valence-electron chi connectivity index (χ3n) is 3.97. The van der Waals surface area contributed by atoms with Gasteiger partial charge in [-0.05, 0) is 60.5 Å². The highest BCUT2D eigenvalue weighted by molar-refractivity contribution is 5.98. The molecule has 3 nitrogen and oxygen atoms in total. The van der Waals surface area contributed by atoms with Crippen LogP contribution in [0.15, 0.2) is 60.7 Å². The van der Waals surface area contributed by atoms with Gasteiger partial charge in [0.1, 0.15) is 11.9 Å². The lowest BCUT2D eigenvalue weighted by Gasteiger charge is -2.17. The standard InChI is InChI=1S/C20H19FN2O/c1-13-11-17(21)8-10-19(13)22-14(2)20(24)23-18-9-7-15-5-3-4-6-16(15)12-18/h3-12,14,22H,1-2H3,(H,23,24)/t14-/m0/s1. The van der Waals surface area contributed by atoms with Gasteiger partial charge in [0.2, 0.25) is 5.91 Å². The van der Waals surface area contributed by atoms with Crippen molar-refractivity contribution in [3.63, 3.8) is 0 Å². The van der Waals surface area contributed by atoms with E-state index < -0.39 is 6.04 Å². The Morgan fingerprint density at radius 3 is 2.50 bits per heavy atom. The fourth-order valence-electron chi connectivity index (χ4n) is 2.61. The van der Waals surface area contributed by atoms with Gasteiger partial charge in [-0.2, -0.15) is 0 Å². The number of hydrogen-bond donors (Lipinski definition) is 2. The van der Waals surface area contributed by atoms with Gasteiger partial charge in [-0.3, -0.25) is 4.79 Å². The minimum atomic E-state index is -0.444. The first-order valence-corrected chi connectivity index (χ1v) is 7.85. The third-order valence-corrected chi connectivity index (χ3v) is 3.97. The quantitative estimate of drug-likeness (QED) is 0.729. The molecule has 0 saturated carbocycles. The number of fused-ring (bicyclic) bond motifs is 1. The number of anilines is 2. The van der Waals surface area contributed by atoms with E-state index >= 15 is 0 Å². The Morgan fingerprint density at radius 1 is 1.00 bits per heavy atom. The molecule has 0 aromatic heterocycles. The highest BCUT2D eigenvalue weighted by Gasteiger charge is 2.14. The number of benzene rings is 3. The van der Waals surface area contributed by atoms with Gasteiger partial charge in [0.05, 0.1) is 0 Å². The number of halogens is 1. The van der Waals surface area contributed by atoms with Gasteiger partial charge in [0.25, 0.3) is 0 Å². The maximum absolute atomic E-state index is 13.2. The van der Waals surface area contributed by atoms with Gasteiger partial charge in [-0.15, -0.1) is 0 Å². The first kappa shape index (κ1) is 16.0. The summed E-state index contributed by atoms with van der Waals surface area (Å²) in [6.07, 6.45) is 0. The molecule has 24 heavy (non-hydrogen) atoms. The molecule has 0 spiro atoms. The Balaban J connectivity index is 1.70. The van der Waals surface area contributed by atoms with E-state index in [9.17, 15) is 9.18 Å². The summed E-state index contributed by atoms with van der Waals surface area (Å²) in [7, 11) is 0. The monoisotopic (exact) mass is 322 g/mol. The molecule has 0 bridgehead atoms. The van der Waals surface area contributed by atoms with Crippen molar-refractivity contribution in [3.05, 3.63) is 72.0 Å². The van der Waals surface area contributed by atoms with Crippen molar-refractivity contribution in [1.29, 1.82) is 0 Å². The Bertz CT molecular complexity index is 892. The molecule has 0 aliphatic rings. The van der Waals surface area contributed by atoms with Gasteiger partial charge in [-0.25, -0.2) is 4.39 Å². The minimum Gasteiger partial charge on any atom is -0.374 e. The van der Waals surface area contributed by atoms with Crippen LogP contribution in [0.4, 0.5) is 15.8 Å². The van der Waals surface area contributed by atoms with Crippen molar-refractivity contribution in [2.45, 2.75) is 19.9 Å². The summed E-state index contributed by atoms with van der Waals surface area (Å²) in [4.78, 5) is 12.4. The minimum absolute atomic E-state index is 0.144. The summed E-state index contributed by atoms with van der Waals surface area (Å²) < 4.78 is 13.2. The van der Waals surface area contributed by atoms with Crippen LogP contribution in [-0.2, 0) is 4.79 Å². The third kappa shape index (κ3) is 3.54. The molecule has 3 aromatic rings. The van der Waals surface area contributed by atoms with Gasteiger partial charge in [-0.1, -0.05) is 30.3 Å². The van der Waals surface area contributed by atoms with E-state index in [2.05, 4.69) is 10.6 Å². The van der Waals surface area contributed by atoms with Gasteiger partial charge in [0.15, 0.2) is 0 Å². The summed E-state index contributed by atoms with van der Waals surface area (Å²) in [6.45, 7) is 3.58. The highest BCUT2D eigenvalue weighted by atomic mass is 19.1. The Hall–Kier alpha value is -2.88. The number of carbonyl (C=O) groups excluding carboxylic acids is 1. The number of aryl methyl sites for hydroxylation is 1. The number of rotatable bonds is 4.